The maximum atomic E-state index is 5.95. The van der Waals surface area contributed by atoms with E-state index in [9.17, 15) is 0 Å². The minimum Gasteiger partial charge on any atom is -0.327 e. The highest BCUT2D eigenvalue weighted by Crippen LogP contribution is 2.40. The van der Waals surface area contributed by atoms with Gasteiger partial charge in [0.1, 0.15) is 0 Å². The topological polar surface area (TPSA) is 26.0 Å². The number of rotatable bonds is 2. The van der Waals surface area contributed by atoms with E-state index < -0.39 is 0 Å². The van der Waals surface area contributed by atoms with Crippen LogP contribution in [0.1, 0.15) is 45.7 Å². The van der Waals surface area contributed by atoms with Gasteiger partial charge in [0.2, 0.25) is 0 Å². The van der Waals surface area contributed by atoms with E-state index in [2.05, 4.69) is 58.9 Å². The monoisotopic (exact) mass is 279 g/mol. The molecule has 0 bridgehead atoms. The SMILES string of the molecule is Cc1c(C)c(C)c(-c2ccc(C3CC3N)cc2)c(C)c1C. The van der Waals surface area contributed by atoms with Crippen molar-refractivity contribution in [3.8, 4) is 11.1 Å². The summed E-state index contributed by atoms with van der Waals surface area (Å²) in [5.74, 6) is 0.586. The Bertz CT molecular complexity index is 666. The standard InChI is InChI=1S/C20H25N/c1-11-12(2)14(4)20(15(5)13(11)3)17-8-6-16(7-9-17)18-10-19(18)21/h6-9,18-19H,10,21H2,1-5H3. The van der Waals surface area contributed by atoms with Gasteiger partial charge in [0.05, 0.1) is 0 Å². The first-order valence-electron chi connectivity index (χ1n) is 7.84. The summed E-state index contributed by atoms with van der Waals surface area (Å²) in [5, 5.41) is 0. The highest BCUT2D eigenvalue weighted by atomic mass is 14.7. The zero-order valence-corrected chi connectivity index (χ0v) is 13.7. The molecule has 1 nitrogen and oxygen atoms in total. The van der Waals surface area contributed by atoms with Gasteiger partial charge in [-0.1, -0.05) is 24.3 Å². The molecule has 1 fully saturated rings. The van der Waals surface area contributed by atoms with E-state index in [0.29, 0.717) is 12.0 Å². The highest BCUT2D eigenvalue weighted by molar-refractivity contribution is 5.74. The average Bonchev–Trinajstić information content (AvgIpc) is 3.21. The number of hydrogen-bond donors (Lipinski definition) is 1. The highest BCUT2D eigenvalue weighted by Gasteiger charge is 2.34. The molecule has 110 valence electrons. The first kappa shape index (κ1) is 14.3. The van der Waals surface area contributed by atoms with E-state index in [1.165, 1.54) is 44.5 Å². The van der Waals surface area contributed by atoms with Crippen molar-refractivity contribution in [3.05, 3.63) is 57.6 Å². The minimum absolute atomic E-state index is 0.378. The smallest absolute Gasteiger partial charge is 0.0115 e. The second-order valence-electron chi connectivity index (χ2n) is 6.63. The second-order valence-corrected chi connectivity index (χ2v) is 6.63. The lowest BCUT2D eigenvalue weighted by molar-refractivity contribution is 0.991. The summed E-state index contributed by atoms with van der Waals surface area (Å²) in [6.07, 6.45) is 1.14. The first-order valence-corrected chi connectivity index (χ1v) is 7.84. The summed E-state index contributed by atoms with van der Waals surface area (Å²) < 4.78 is 0. The normalized spacial score (nSPS) is 20.7. The fraction of sp³-hybridized carbons (Fsp3) is 0.400. The van der Waals surface area contributed by atoms with E-state index in [0.717, 1.165) is 6.42 Å². The molecule has 0 spiro atoms. The van der Waals surface area contributed by atoms with Crippen LogP contribution in [0.25, 0.3) is 11.1 Å². The van der Waals surface area contributed by atoms with Gasteiger partial charge in [-0.25, -0.2) is 0 Å². The van der Waals surface area contributed by atoms with Crippen LogP contribution in [0.15, 0.2) is 24.3 Å². The van der Waals surface area contributed by atoms with Crippen LogP contribution in [0.5, 0.6) is 0 Å². The molecule has 21 heavy (non-hydrogen) atoms. The quantitative estimate of drug-likeness (QED) is 0.846. The molecule has 1 saturated carbocycles. The lowest BCUT2D eigenvalue weighted by Gasteiger charge is -2.19. The molecule has 1 aliphatic rings. The van der Waals surface area contributed by atoms with Crippen LogP contribution in [0.2, 0.25) is 0 Å². The Kier molecular flexibility index (Phi) is 3.41. The number of hydrogen-bond acceptors (Lipinski definition) is 1. The Labute approximate surface area is 128 Å². The van der Waals surface area contributed by atoms with E-state index in [4.69, 9.17) is 5.73 Å². The molecule has 0 heterocycles. The van der Waals surface area contributed by atoms with E-state index in [-0.39, 0.29) is 0 Å². The molecule has 1 aliphatic carbocycles. The molecule has 0 saturated heterocycles. The molecule has 0 radical (unpaired) electrons. The van der Waals surface area contributed by atoms with Crippen molar-refractivity contribution in [1.29, 1.82) is 0 Å². The van der Waals surface area contributed by atoms with Crippen LogP contribution in [0.4, 0.5) is 0 Å². The van der Waals surface area contributed by atoms with Crippen LogP contribution in [-0.2, 0) is 0 Å². The molecular weight excluding hydrogens is 254 g/mol. The van der Waals surface area contributed by atoms with Crippen molar-refractivity contribution in [2.75, 3.05) is 0 Å². The van der Waals surface area contributed by atoms with Crippen molar-refractivity contribution < 1.29 is 0 Å². The Morgan fingerprint density at radius 3 is 1.62 bits per heavy atom. The Hall–Kier alpha value is -1.60. The van der Waals surface area contributed by atoms with Crippen LogP contribution < -0.4 is 5.73 Å². The zero-order valence-electron chi connectivity index (χ0n) is 13.7. The zero-order chi connectivity index (χ0) is 15.3. The lowest BCUT2D eigenvalue weighted by atomic mass is 9.86. The molecule has 0 amide bonds. The van der Waals surface area contributed by atoms with Crippen LogP contribution >= 0.6 is 0 Å². The lowest BCUT2D eigenvalue weighted by Crippen LogP contribution is -2.01. The molecule has 1 heteroatoms. The van der Waals surface area contributed by atoms with Gasteiger partial charge in [-0.3, -0.25) is 0 Å². The molecule has 2 aromatic carbocycles. The van der Waals surface area contributed by atoms with Crippen molar-refractivity contribution in [2.24, 2.45) is 5.73 Å². The third kappa shape index (κ3) is 2.30. The summed E-state index contributed by atoms with van der Waals surface area (Å²) >= 11 is 0. The maximum absolute atomic E-state index is 5.95. The van der Waals surface area contributed by atoms with Gasteiger partial charge in [0, 0.05) is 12.0 Å². The first-order chi connectivity index (χ1) is 9.91. The van der Waals surface area contributed by atoms with Gasteiger partial charge < -0.3 is 5.73 Å². The van der Waals surface area contributed by atoms with Gasteiger partial charge in [0.15, 0.2) is 0 Å². The number of benzene rings is 2. The molecule has 2 unspecified atom stereocenters. The Morgan fingerprint density at radius 1 is 0.762 bits per heavy atom. The fourth-order valence-corrected chi connectivity index (χ4v) is 3.43. The summed E-state index contributed by atoms with van der Waals surface area (Å²) in [7, 11) is 0. The Balaban J connectivity index is 2.08. The van der Waals surface area contributed by atoms with Crippen molar-refractivity contribution >= 4 is 0 Å². The molecule has 2 aromatic rings. The average molecular weight is 279 g/mol. The van der Waals surface area contributed by atoms with Crippen LogP contribution in [0.3, 0.4) is 0 Å². The van der Waals surface area contributed by atoms with Crippen LogP contribution in [0, 0.1) is 34.6 Å². The fourth-order valence-electron chi connectivity index (χ4n) is 3.43. The van der Waals surface area contributed by atoms with Crippen molar-refractivity contribution in [3.63, 3.8) is 0 Å². The largest absolute Gasteiger partial charge is 0.327 e. The van der Waals surface area contributed by atoms with E-state index >= 15 is 0 Å². The van der Waals surface area contributed by atoms with Gasteiger partial charge in [-0.2, -0.15) is 0 Å². The third-order valence-corrected chi connectivity index (χ3v) is 5.47. The van der Waals surface area contributed by atoms with Crippen molar-refractivity contribution in [2.45, 2.75) is 53.0 Å². The summed E-state index contributed by atoms with van der Waals surface area (Å²) in [5.41, 5.74) is 17.2. The third-order valence-electron chi connectivity index (χ3n) is 5.47. The van der Waals surface area contributed by atoms with Crippen LogP contribution in [-0.4, -0.2) is 6.04 Å². The molecule has 0 aromatic heterocycles. The molecule has 0 aliphatic heterocycles. The molecule has 2 atom stereocenters. The predicted molar refractivity (Wildman–Crippen MR) is 90.9 cm³/mol. The summed E-state index contributed by atoms with van der Waals surface area (Å²) in [6.45, 7) is 11.2. The minimum atomic E-state index is 0.378. The van der Waals surface area contributed by atoms with Gasteiger partial charge >= 0.3 is 0 Å². The predicted octanol–water partition coefficient (Wildman–Crippen LogP) is 4.71. The molecule has 3 rings (SSSR count). The second kappa shape index (κ2) is 4.99. The van der Waals surface area contributed by atoms with Crippen molar-refractivity contribution in [1.82, 2.24) is 0 Å². The number of nitrogens with two attached hydrogens (primary N) is 1. The van der Waals surface area contributed by atoms with Gasteiger partial charge in [-0.05, 0) is 85.5 Å². The van der Waals surface area contributed by atoms with Gasteiger partial charge in [0.25, 0.3) is 0 Å². The molecule has 2 N–H and O–H groups in total. The summed E-state index contributed by atoms with van der Waals surface area (Å²) in [6, 6.07) is 9.43. The van der Waals surface area contributed by atoms with Gasteiger partial charge in [-0.15, -0.1) is 0 Å². The van der Waals surface area contributed by atoms with E-state index in [1.54, 1.807) is 0 Å². The molecular formula is C20H25N. The Morgan fingerprint density at radius 2 is 1.19 bits per heavy atom. The van der Waals surface area contributed by atoms with E-state index in [1.807, 2.05) is 0 Å². The maximum Gasteiger partial charge on any atom is 0.0115 e. The summed E-state index contributed by atoms with van der Waals surface area (Å²) in [4.78, 5) is 0.